The van der Waals surface area contributed by atoms with Crippen molar-refractivity contribution in [1.29, 1.82) is 0 Å². The highest BCUT2D eigenvalue weighted by Crippen LogP contribution is 2.38. The molecular formula is C23H24N4O2. The molecule has 0 fully saturated rings. The standard InChI is InChI=1S/C23H24N4O2/c1-4-18-21(16-10-8-14(2)9-11-16)22-25-23(29)19(27(22)26-18)13-20(28)24-17-7-5-6-15(3)12-17/h5-12,19H,4,13H2,1-3H3,(H,24,28)(H,25,29). The molecule has 1 aromatic heterocycles. The van der Waals surface area contributed by atoms with E-state index in [-0.39, 0.29) is 18.2 Å². The maximum atomic E-state index is 12.6. The van der Waals surface area contributed by atoms with Crippen molar-refractivity contribution >= 4 is 23.3 Å². The first kappa shape index (κ1) is 18.9. The van der Waals surface area contributed by atoms with Crippen LogP contribution in [0.25, 0.3) is 11.1 Å². The van der Waals surface area contributed by atoms with Crippen molar-refractivity contribution in [1.82, 2.24) is 9.78 Å². The van der Waals surface area contributed by atoms with Gasteiger partial charge in [0.1, 0.15) is 11.9 Å². The molecule has 2 heterocycles. The van der Waals surface area contributed by atoms with Crippen LogP contribution in [-0.4, -0.2) is 21.6 Å². The zero-order chi connectivity index (χ0) is 20.5. The molecule has 2 N–H and O–H groups in total. The summed E-state index contributed by atoms with van der Waals surface area (Å²) in [5.41, 5.74) is 5.81. The SMILES string of the molecule is CCc1nn2c(c1-c1ccc(C)cc1)NC(=O)C2CC(=O)Nc1cccc(C)c1. The summed E-state index contributed by atoms with van der Waals surface area (Å²) in [7, 11) is 0. The first-order chi connectivity index (χ1) is 14.0. The Kier molecular flexibility index (Phi) is 4.92. The molecular weight excluding hydrogens is 364 g/mol. The van der Waals surface area contributed by atoms with Gasteiger partial charge in [-0.3, -0.25) is 9.59 Å². The third-order valence-corrected chi connectivity index (χ3v) is 5.18. The van der Waals surface area contributed by atoms with Gasteiger partial charge in [0.2, 0.25) is 5.91 Å². The van der Waals surface area contributed by atoms with Crippen LogP contribution < -0.4 is 10.6 Å². The molecule has 0 bridgehead atoms. The van der Waals surface area contributed by atoms with E-state index in [1.54, 1.807) is 4.68 Å². The lowest BCUT2D eigenvalue weighted by Crippen LogP contribution is -2.24. The molecule has 0 saturated carbocycles. The van der Waals surface area contributed by atoms with Crippen molar-refractivity contribution in [2.45, 2.75) is 39.7 Å². The van der Waals surface area contributed by atoms with Gasteiger partial charge in [-0.05, 0) is 43.5 Å². The van der Waals surface area contributed by atoms with Crippen LogP contribution in [0.2, 0.25) is 0 Å². The van der Waals surface area contributed by atoms with Crippen molar-refractivity contribution in [3.8, 4) is 11.1 Å². The molecule has 0 aliphatic carbocycles. The van der Waals surface area contributed by atoms with E-state index >= 15 is 0 Å². The Hall–Kier alpha value is -3.41. The smallest absolute Gasteiger partial charge is 0.251 e. The van der Waals surface area contributed by atoms with Crippen molar-refractivity contribution in [2.75, 3.05) is 10.6 Å². The number of hydrogen-bond acceptors (Lipinski definition) is 3. The van der Waals surface area contributed by atoms with E-state index in [2.05, 4.69) is 15.7 Å². The van der Waals surface area contributed by atoms with Crippen LogP contribution in [0.4, 0.5) is 11.5 Å². The van der Waals surface area contributed by atoms with Crippen molar-refractivity contribution in [3.05, 3.63) is 65.4 Å². The van der Waals surface area contributed by atoms with Gasteiger partial charge in [-0.15, -0.1) is 0 Å². The largest absolute Gasteiger partial charge is 0.326 e. The Morgan fingerprint density at radius 2 is 1.90 bits per heavy atom. The number of amides is 2. The summed E-state index contributed by atoms with van der Waals surface area (Å²) in [5.74, 6) is 0.251. The van der Waals surface area contributed by atoms with Crippen molar-refractivity contribution in [3.63, 3.8) is 0 Å². The number of nitrogens with one attached hydrogen (secondary N) is 2. The van der Waals surface area contributed by atoms with Gasteiger partial charge in [-0.25, -0.2) is 4.68 Å². The van der Waals surface area contributed by atoms with Crippen LogP contribution in [0.1, 0.15) is 36.2 Å². The van der Waals surface area contributed by atoms with Crippen LogP contribution in [0.3, 0.4) is 0 Å². The lowest BCUT2D eigenvalue weighted by molar-refractivity contribution is -0.123. The second kappa shape index (κ2) is 7.54. The molecule has 6 nitrogen and oxygen atoms in total. The summed E-state index contributed by atoms with van der Waals surface area (Å²) in [4.78, 5) is 25.2. The molecule has 3 aromatic rings. The Bertz CT molecular complexity index is 1080. The van der Waals surface area contributed by atoms with Crippen LogP contribution in [-0.2, 0) is 16.0 Å². The Morgan fingerprint density at radius 1 is 1.14 bits per heavy atom. The zero-order valence-corrected chi connectivity index (χ0v) is 16.8. The number of fused-ring (bicyclic) bond motifs is 1. The molecule has 1 atom stereocenters. The zero-order valence-electron chi connectivity index (χ0n) is 16.8. The Morgan fingerprint density at radius 3 is 2.59 bits per heavy atom. The predicted octanol–water partition coefficient (Wildman–Crippen LogP) is 4.25. The minimum atomic E-state index is -0.653. The molecule has 1 aliphatic rings. The minimum absolute atomic E-state index is 0.0327. The fourth-order valence-electron chi connectivity index (χ4n) is 3.70. The number of hydrogen-bond donors (Lipinski definition) is 2. The Labute approximate surface area is 169 Å². The molecule has 0 spiro atoms. The fraction of sp³-hybridized carbons (Fsp3) is 0.261. The quantitative estimate of drug-likeness (QED) is 0.686. The fourth-order valence-corrected chi connectivity index (χ4v) is 3.70. The van der Waals surface area contributed by atoms with Crippen LogP contribution in [0.5, 0.6) is 0 Å². The number of rotatable bonds is 5. The number of nitrogens with zero attached hydrogens (tertiary/aromatic N) is 2. The average Bonchev–Trinajstić information content (AvgIpc) is 3.18. The minimum Gasteiger partial charge on any atom is -0.326 e. The van der Waals surface area contributed by atoms with Gasteiger partial charge in [0.25, 0.3) is 5.91 Å². The molecule has 2 aromatic carbocycles. The molecule has 1 aliphatic heterocycles. The van der Waals surface area contributed by atoms with E-state index in [1.165, 1.54) is 5.56 Å². The molecule has 2 amide bonds. The number of aryl methyl sites for hydroxylation is 3. The molecule has 0 radical (unpaired) electrons. The van der Waals surface area contributed by atoms with E-state index in [0.29, 0.717) is 5.82 Å². The predicted molar refractivity (Wildman–Crippen MR) is 114 cm³/mol. The van der Waals surface area contributed by atoms with Gasteiger partial charge in [-0.1, -0.05) is 48.9 Å². The third-order valence-electron chi connectivity index (χ3n) is 5.18. The molecule has 4 rings (SSSR count). The maximum absolute atomic E-state index is 12.6. The lowest BCUT2D eigenvalue weighted by atomic mass is 10.0. The summed E-state index contributed by atoms with van der Waals surface area (Å²) >= 11 is 0. The van der Waals surface area contributed by atoms with Crippen molar-refractivity contribution in [2.24, 2.45) is 0 Å². The van der Waals surface area contributed by atoms with Gasteiger partial charge in [0.05, 0.1) is 12.1 Å². The first-order valence-corrected chi connectivity index (χ1v) is 9.82. The van der Waals surface area contributed by atoms with Crippen molar-refractivity contribution < 1.29 is 9.59 Å². The molecule has 29 heavy (non-hydrogen) atoms. The number of anilines is 2. The van der Waals surface area contributed by atoms with Crippen LogP contribution >= 0.6 is 0 Å². The first-order valence-electron chi connectivity index (χ1n) is 9.82. The summed E-state index contributed by atoms with van der Waals surface area (Å²) in [6.45, 7) is 6.05. The van der Waals surface area contributed by atoms with Crippen LogP contribution in [0, 0.1) is 13.8 Å². The highest BCUT2D eigenvalue weighted by Gasteiger charge is 2.36. The summed E-state index contributed by atoms with van der Waals surface area (Å²) in [6.07, 6.45) is 0.770. The van der Waals surface area contributed by atoms with Gasteiger partial charge in [0.15, 0.2) is 0 Å². The molecule has 6 heteroatoms. The van der Waals surface area contributed by atoms with E-state index in [4.69, 9.17) is 0 Å². The topological polar surface area (TPSA) is 76.0 Å². The lowest BCUT2D eigenvalue weighted by Gasteiger charge is -2.10. The number of aromatic nitrogens is 2. The van der Waals surface area contributed by atoms with E-state index in [1.807, 2.05) is 69.3 Å². The highest BCUT2D eigenvalue weighted by atomic mass is 16.2. The molecule has 148 valence electrons. The maximum Gasteiger partial charge on any atom is 0.251 e. The number of carbonyl (C=O) groups excluding carboxylic acids is 2. The van der Waals surface area contributed by atoms with Gasteiger partial charge in [-0.2, -0.15) is 5.10 Å². The third kappa shape index (κ3) is 3.66. The average molecular weight is 388 g/mol. The summed E-state index contributed by atoms with van der Waals surface area (Å²) < 4.78 is 1.67. The van der Waals surface area contributed by atoms with Gasteiger partial charge < -0.3 is 10.6 Å². The second-order valence-electron chi connectivity index (χ2n) is 7.46. The normalized spacial score (nSPS) is 15.1. The summed E-state index contributed by atoms with van der Waals surface area (Å²) in [5, 5.41) is 10.5. The molecule has 0 saturated heterocycles. The molecule has 1 unspecified atom stereocenters. The Balaban J connectivity index is 1.61. The number of benzene rings is 2. The number of carbonyl (C=O) groups is 2. The van der Waals surface area contributed by atoms with Gasteiger partial charge in [0, 0.05) is 11.3 Å². The van der Waals surface area contributed by atoms with E-state index in [0.717, 1.165) is 34.5 Å². The monoisotopic (exact) mass is 388 g/mol. The van der Waals surface area contributed by atoms with Crippen LogP contribution in [0.15, 0.2) is 48.5 Å². The summed E-state index contributed by atoms with van der Waals surface area (Å²) in [6, 6.07) is 15.1. The second-order valence-corrected chi connectivity index (χ2v) is 7.46. The van der Waals surface area contributed by atoms with E-state index < -0.39 is 6.04 Å². The van der Waals surface area contributed by atoms with E-state index in [9.17, 15) is 9.59 Å². The highest BCUT2D eigenvalue weighted by molar-refractivity contribution is 6.04. The van der Waals surface area contributed by atoms with Gasteiger partial charge >= 0.3 is 0 Å².